The van der Waals surface area contributed by atoms with Crippen LogP contribution in [0.15, 0.2) is 42.5 Å². The van der Waals surface area contributed by atoms with E-state index >= 15 is 0 Å². The quantitative estimate of drug-likeness (QED) is 0.870. The van der Waals surface area contributed by atoms with Gasteiger partial charge in [0.2, 0.25) is 0 Å². The molecule has 0 spiro atoms. The first kappa shape index (κ1) is 12.5. The minimum atomic E-state index is 0.0446. The molecule has 0 atom stereocenters. The summed E-state index contributed by atoms with van der Waals surface area (Å²) in [5, 5.41) is 0. The van der Waals surface area contributed by atoms with E-state index in [0.717, 1.165) is 22.4 Å². The van der Waals surface area contributed by atoms with Gasteiger partial charge < -0.3 is 15.4 Å². The zero-order valence-corrected chi connectivity index (χ0v) is 11.3. The number of methoxy groups -OCH3 is 1. The lowest BCUT2D eigenvalue weighted by molar-refractivity contribution is 0.0767. The van der Waals surface area contributed by atoms with E-state index in [1.807, 2.05) is 47.4 Å². The molecule has 102 valence electrons. The lowest BCUT2D eigenvalue weighted by atomic mass is 10.1. The molecular formula is C16H16N2O2. The molecule has 0 unspecified atom stereocenters. The number of fused-ring (bicyclic) bond motifs is 1. The second kappa shape index (κ2) is 4.89. The van der Waals surface area contributed by atoms with Crippen LogP contribution < -0.4 is 10.5 Å². The number of ether oxygens (including phenoxy) is 1. The van der Waals surface area contributed by atoms with E-state index in [1.54, 1.807) is 7.11 Å². The highest BCUT2D eigenvalue weighted by Gasteiger charge is 2.28. The molecule has 3 rings (SSSR count). The number of nitrogens with two attached hydrogens (primary N) is 1. The minimum Gasteiger partial charge on any atom is -0.497 e. The van der Waals surface area contributed by atoms with Crippen LogP contribution in [-0.2, 0) is 13.1 Å². The Bertz CT molecular complexity index is 650. The molecule has 20 heavy (non-hydrogen) atoms. The molecular weight excluding hydrogens is 252 g/mol. The first-order valence-electron chi connectivity index (χ1n) is 6.48. The summed E-state index contributed by atoms with van der Waals surface area (Å²) in [4.78, 5) is 14.1. The summed E-state index contributed by atoms with van der Waals surface area (Å²) >= 11 is 0. The molecule has 0 saturated heterocycles. The summed E-state index contributed by atoms with van der Waals surface area (Å²) in [5.74, 6) is 0.858. The zero-order valence-electron chi connectivity index (χ0n) is 11.3. The molecule has 1 heterocycles. The molecule has 0 aliphatic carbocycles. The van der Waals surface area contributed by atoms with Crippen LogP contribution in [0.25, 0.3) is 0 Å². The fourth-order valence-corrected chi connectivity index (χ4v) is 2.49. The Morgan fingerprint density at radius 1 is 1.20 bits per heavy atom. The third kappa shape index (κ3) is 2.09. The van der Waals surface area contributed by atoms with Crippen LogP contribution in [0.3, 0.4) is 0 Å². The Kier molecular flexibility index (Phi) is 3.06. The molecule has 0 saturated carbocycles. The predicted octanol–water partition coefficient (Wildman–Crippen LogP) is 2.43. The van der Waals surface area contributed by atoms with E-state index in [0.29, 0.717) is 18.8 Å². The average Bonchev–Trinajstić information content (AvgIpc) is 2.79. The van der Waals surface area contributed by atoms with Crippen LogP contribution in [0.5, 0.6) is 5.75 Å². The summed E-state index contributed by atoms with van der Waals surface area (Å²) in [6.45, 7) is 1.16. The van der Waals surface area contributed by atoms with E-state index in [2.05, 4.69) is 0 Å². The van der Waals surface area contributed by atoms with Gasteiger partial charge in [0.25, 0.3) is 5.91 Å². The topological polar surface area (TPSA) is 55.6 Å². The normalized spacial score (nSPS) is 13.4. The van der Waals surface area contributed by atoms with Crippen molar-refractivity contribution in [3.05, 3.63) is 59.2 Å². The predicted molar refractivity (Wildman–Crippen MR) is 77.4 cm³/mol. The van der Waals surface area contributed by atoms with Crippen LogP contribution >= 0.6 is 0 Å². The number of rotatable bonds is 3. The maximum absolute atomic E-state index is 12.3. The van der Waals surface area contributed by atoms with Crippen molar-refractivity contribution in [1.29, 1.82) is 0 Å². The third-order valence-corrected chi connectivity index (χ3v) is 3.61. The molecule has 4 heteroatoms. The molecule has 1 aliphatic heterocycles. The van der Waals surface area contributed by atoms with Crippen LogP contribution in [0.4, 0.5) is 5.69 Å². The van der Waals surface area contributed by atoms with Gasteiger partial charge in [0.05, 0.1) is 7.11 Å². The molecule has 2 N–H and O–H groups in total. The SMILES string of the molecule is COc1ccc(CN2Cc3c(N)cccc3C2=O)cc1. The highest BCUT2D eigenvalue weighted by Crippen LogP contribution is 2.28. The van der Waals surface area contributed by atoms with Crippen molar-refractivity contribution in [2.75, 3.05) is 12.8 Å². The molecule has 0 bridgehead atoms. The molecule has 2 aromatic rings. The van der Waals surface area contributed by atoms with Crippen molar-refractivity contribution in [3.8, 4) is 5.75 Å². The van der Waals surface area contributed by atoms with Gasteiger partial charge in [-0.1, -0.05) is 18.2 Å². The van der Waals surface area contributed by atoms with Crippen molar-refractivity contribution in [2.24, 2.45) is 0 Å². The van der Waals surface area contributed by atoms with Gasteiger partial charge in [-0.25, -0.2) is 0 Å². The maximum Gasteiger partial charge on any atom is 0.254 e. The molecule has 2 aromatic carbocycles. The Labute approximate surface area is 117 Å². The highest BCUT2D eigenvalue weighted by atomic mass is 16.5. The summed E-state index contributed by atoms with van der Waals surface area (Å²) in [6.07, 6.45) is 0. The Morgan fingerprint density at radius 2 is 1.95 bits per heavy atom. The van der Waals surface area contributed by atoms with Gasteiger partial charge in [0.1, 0.15) is 5.75 Å². The van der Waals surface area contributed by atoms with E-state index in [4.69, 9.17) is 10.5 Å². The van der Waals surface area contributed by atoms with Crippen LogP contribution in [0, 0.1) is 0 Å². The van der Waals surface area contributed by atoms with Crippen LogP contribution in [0.1, 0.15) is 21.5 Å². The summed E-state index contributed by atoms with van der Waals surface area (Å²) in [5.41, 5.74) is 9.35. The van der Waals surface area contributed by atoms with Gasteiger partial charge >= 0.3 is 0 Å². The second-order valence-corrected chi connectivity index (χ2v) is 4.88. The van der Waals surface area contributed by atoms with Gasteiger partial charge in [0.15, 0.2) is 0 Å². The molecule has 1 amide bonds. The van der Waals surface area contributed by atoms with Gasteiger partial charge in [0, 0.05) is 29.9 Å². The zero-order chi connectivity index (χ0) is 14.1. The Hall–Kier alpha value is -2.49. The fraction of sp³-hybridized carbons (Fsp3) is 0.188. The van der Waals surface area contributed by atoms with Crippen LogP contribution in [0.2, 0.25) is 0 Å². The number of hydrogen-bond donors (Lipinski definition) is 1. The number of benzene rings is 2. The number of amides is 1. The summed E-state index contributed by atoms with van der Waals surface area (Å²) in [7, 11) is 1.64. The summed E-state index contributed by atoms with van der Waals surface area (Å²) < 4.78 is 5.13. The molecule has 4 nitrogen and oxygen atoms in total. The Balaban J connectivity index is 1.80. The van der Waals surface area contributed by atoms with Crippen molar-refractivity contribution >= 4 is 11.6 Å². The second-order valence-electron chi connectivity index (χ2n) is 4.88. The number of hydrogen-bond acceptors (Lipinski definition) is 3. The molecule has 0 radical (unpaired) electrons. The first-order chi connectivity index (χ1) is 9.69. The van der Waals surface area contributed by atoms with E-state index in [9.17, 15) is 4.79 Å². The monoisotopic (exact) mass is 268 g/mol. The highest BCUT2D eigenvalue weighted by molar-refractivity contribution is 5.99. The van der Waals surface area contributed by atoms with Crippen LogP contribution in [-0.4, -0.2) is 17.9 Å². The average molecular weight is 268 g/mol. The summed E-state index contributed by atoms with van der Waals surface area (Å²) in [6, 6.07) is 13.2. The van der Waals surface area contributed by atoms with E-state index in [-0.39, 0.29) is 5.91 Å². The lowest BCUT2D eigenvalue weighted by Crippen LogP contribution is -2.23. The first-order valence-corrected chi connectivity index (χ1v) is 6.48. The van der Waals surface area contributed by atoms with Crippen molar-refractivity contribution in [3.63, 3.8) is 0 Å². The molecule has 0 fully saturated rings. The van der Waals surface area contributed by atoms with Gasteiger partial charge in [-0.2, -0.15) is 0 Å². The number of carbonyl (C=O) groups is 1. The van der Waals surface area contributed by atoms with Crippen molar-refractivity contribution < 1.29 is 9.53 Å². The van der Waals surface area contributed by atoms with Gasteiger partial charge in [-0.15, -0.1) is 0 Å². The van der Waals surface area contributed by atoms with Crippen molar-refractivity contribution in [2.45, 2.75) is 13.1 Å². The Morgan fingerprint density at radius 3 is 2.60 bits per heavy atom. The molecule has 1 aliphatic rings. The lowest BCUT2D eigenvalue weighted by Gasteiger charge is -2.15. The number of nitrogen functional groups attached to an aromatic ring is 1. The smallest absolute Gasteiger partial charge is 0.254 e. The number of nitrogens with zero attached hydrogens (tertiary/aromatic N) is 1. The third-order valence-electron chi connectivity index (χ3n) is 3.61. The fourth-order valence-electron chi connectivity index (χ4n) is 2.49. The van der Waals surface area contributed by atoms with E-state index in [1.165, 1.54) is 0 Å². The molecule has 0 aromatic heterocycles. The van der Waals surface area contributed by atoms with E-state index < -0.39 is 0 Å². The maximum atomic E-state index is 12.3. The standard InChI is InChI=1S/C16H16N2O2/c1-20-12-7-5-11(6-8-12)9-18-10-14-13(16(18)19)3-2-4-15(14)17/h2-8H,9-10,17H2,1H3. The minimum absolute atomic E-state index is 0.0446. The number of carbonyl (C=O) groups excluding carboxylic acids is 1. The van der Waals surface area contributed by atoms with Gasteiger partial charge in [-0.3, -0.25) is 4.79 Å². The van der Waals surface area contributed by atoms with Gasteiger partial charge in [-0.05, 0) is 29.8 Å². The van der Waals surface area contributed by atoms with Crippen molar-refractivity contribution in [1.82, 2.24) is 4.90 Å². The number of anilines is 1. The largest absolute Gasteiger partial charge is 0.497 e.